The second-order valence-corrected chi connectivity index (χ2v) is 6.12. The highest BCUT2D eigenvalue weighted by Crippen LogP contribution is 2.28. The van der Waals surface area contributed by atoms with E-state index in [1.54, 1.807) is 6.08 Å². The number of hydrogen-bond donors (Lipinski definition) is 2. The Morgan fingerprint density at radius 1 is 1.41 bits per heavy atom. The second-order valence-electron chi connectivity index (χ2n) is 4.86. The summed E-state index contributed by atoms with van der Waals surface area (Å²) in [7, 11) is 0. The monoisotopic (exact) mass is 417 g/mol. The molecule has 0 aliphatic rings. The van der Waals surface area contributed by atoms with Crippen LogP contribution in [-0.2, 0) is 9.53 Å². The molecule has 0 atom stereocenters. The number of benzene rings is 1. The second kappa shape index (κ2) is 9.83. The van der Waals surface area contributed by atoms with Crippen LogP contribution in [0.1, 0.15) is 10.5 Å². The van der Waals surface area contributed by atoms with Crippen molar-refractivity contribution in [3.63, 3.8) is 0 Å². The molecule has 144 valence electrons. The van der Waals surface area contributed by atoms with E-state index in [1.807, 2.05) is 0 Å². The normalized spacial score (nSPS) is 10.4. The van der Waals surface area contributed by atoms with Crippen LogP contribution in [0.5, 0.6) is 5.75 Å². The van der Waals surface area contributed by atoms with Gasteiger partial charge >= 0.3 is 12.6 Å². The first-order valence-electron chi connectivity index (χ1n) is 7.40. The van der Waals surface area contributed by atoms with Gasteiger partial charge in [0.05, 0.1) is 5.02 Å². The minimum atomic E-state index is -3.01. The van der Waals surface area contributed by atoms with E-state index in [4.69, 9.17) is 16.3 Å². The lowest BCUT2D eigenvalue weighted by Gasteiger charge is -2.09. The molecule has 0 unspecified atom stereocenters. The Kier molecular flexibility index (Phi) is 7.50. The first-order chi connectivity index (χ1) is 12.9. The summed E-state index contributed by atoms with van der Waals surface area (Å²) in [6, 6.07) is 3.74. The largest absolute Gasteiger partial charge is 0.451 e. The van der Waals surface area contributed by atoms with Gasteiger partial charge in [-0.05, 0) is 18.2 Å². The summed E-state index contributed by atoms with van der Waals surface area (Å²) in [5.74, 6) is -1.62. The molecule has 1 heterocycles. The lowest BCUT2D eigenvalue weighted by molar-refractivity contribution is -0.119. The number of anilines is 2. The molecular weight excluding hydrogens is 404 g/mol. The molecule has 0 saturated heterocycles. The number of carbonyl (C=O) groups is 2. The standard InChI is InChI=1S/C16H14ClF2N3O4S/c1-2-5-20-16-22-11(8-27-16)14(24)25-7-13(23)21-9-3-4-12(10(17)6-9)26-15(18)19/h2-4,6,8,15H,1,5,7H2,(H,20,22)(H,21,23). The zero-order valence-corrected chi connectivity index (χ0v) is 15.3. The predicted octanol–water partition coefficient (Wildman–Crippen LogP) is 3.79. The van der Waals surface area contributed by atoms with Crippen LogP contribution in [-0.4, -0.2) is 36.6 Å². The number of halogens is 3. The van der Waals surface area contributed by atoms with Crippen molar-refractivity contribution in [2.45, 2.75) is 6.61 Å². The van der Waals surface area contributed by atoms with Gasteiger partial charge < -0.3 is 20.1 Å². The van der Waals surface area contributed by atoms with Crippen LogP contribution in [0.4, 0.5) is 19.6 Å². The molecule has 2 aromatic rings. The fourth-order valence-corrected chi connectivity index (χ4v) is 2.70. The Hall–Kier alpha value is -2.72. The van der Waals surface area contributed by atoms with Crippen LogP contribution in [0.3, 0.4) is 0 Å². The maximum absolute atomic E-state index is 12.2. The number of rotatable bonds is 9. The molecule has 0 radical (unpaired) electrons. The number of esters is 1. The van der Waals surface area contributed by atoms with E-state index < -0.39 is 25.1 Å². The molecule has 0 aliphatic carbocycles. The maximum Gasteiger partial charge on any atom is 0.387 e. The van der Waals surface area contributed by atoms with E-state index in [9.17, 15) is 18.4 Å². The lowest BCUT2D eigenvalue weighted by Crippen LogP contribution is -2.21. The molecule has 2 rings (SSSR count). The van der Waals surface area contributed by atoms with Gasteiger partial charge in [-0.3, -0.25) is 4.79 Å². The average Bonchev–Trinajstić information content (AvgIpc) is 3.09. The van der Waals surface area contributed by atoms with Gasteiger partial charge in [-0.25, -0.2) is 9.78 Å². The Morgan fingerprint density at radius 3 is 2.85 bits per heavy atom. The Balaban J connectivity index is 1.85. The number of nitrogens with zero attached hydrogens (tertiary/aromatic N) is 1. The van der Waals surface area contributed by atoms with Gasteiger partial charge in [-0.1, -0.05) is 17.7 Å². The zero-order chi connectivity index (χ0) is 19.8. The first-order valence-corrected chi connectivity index (χ1v) is 8.66. The van der Waals surface area contributed by atoms with Crippen molar-refractivity contribution >= 4 is 45.6 Å². The van der Waals surface area contributed by atoms with E-state index in [2.05, 4.69) is 26.9 Å². The Labute approximate surface area is 161 Å². The molecule has 0 fully saturated rings. The van der Waals surface area contributed by atoms with Crippen molar-refractivity contribution in [3.8, 4) is 5.75 Å². The number of thiazole rings is 1. The smallest absolute Gasteiger partial charge is 0.387 e. The number of amides is 1. The molecule has 7 nitrogen and oxygen atoms in total. The van der Waals surface area contributed by atoms with Crippen LogP contribution in [0.2, 0.25) is 5.02 Å². The average molecular weight is 418 g/mol. The number of ether oxygens (including phenoxy) is 2. The molecular formula is C16H14ClF2N3O4S. The zero-order valence-electron chi connectivity index (χ0n) is 13.7. The third-order valence-corrected chi connectivity index (χ3v) is 3.97. The lowest BCUT2D eigenvalue weighted by atomic mass is 10.3. The van der Waals surface area contributed by atoms with Crippen LogP contribution >= 0.6 is 22.9 Å². The summed E-state index contributed by atoms with van der Waals surface area (Å²) in [6.07, 6.45) is 1.64. The molecule has 1 amide bonds. The van der Waals surface area contributed by atoms with Gasteiger partial charge in [0.2, 0.25) is 0 Å². The van der Waals surface area contributed by atoms with Gasteiger partial charge in [0.15, 0.2) is 17.4 Å². The minimum Gasteiger partial charge on any atom is -0.451 e. The fourth-order valence-electron chi connectivity index (χ4n) is 1.78. The van der Waals surface area contributed by atoms with Crippen molar-refractivity contribution in [1.29, 1.82) is 0 Å². The van der Waals surface area contributed by atoms with E-state index in [0.717, 1.165) is 0 Å². The predicted molar refractivity (Wildman–Crippen MR) is 97.8 cm³/mol. The van der Waals surface area contributed by atoms with Gasteiger partial charge in [-0.2, -0.15) is 8.78 Å². The molecule has 27 heavy (non-hydrogen) atoms. The SMILES string of the molecule is C=CCNc1nc(C(=O)OCC(=O)Nc2ccc(OC(F)F)c(Cl)c2)cs1. The van der Waals surface area contributed by atoms with Gasteiger partial charge in [0.1, 0.15) is 5.75 Å². The number of aromatic nitrogens is 1. The molecule has 11 heteroatoms. The van der Waals surface area contributed by atoms with Crippen molar-refractivity contribution in [2.75, 3.05) is 23.8 Å². The summed E-state index contributed by atoms with van der Waals surface area (Å²) in [5, 5.41) is 7.25. The van der Waals surface area contributed by atoms with Crippen molar-refractivity contribution in [1.82, 2.24) is 4.98 Å². The fraction of sp³-hybridized carbons (Fsp3) is 0.188. The highest BCUT2D eigenvalue weighted by Gasteiger charge is 2.15. The summed E-state index contributed by atoms with van der Waals surface area (Å²) in [6.45, 7) is 0.477. The quantitative estimate of drug-likeness (QED) is 0.476. The first kappa shape index (κ1) is 20.6. The maximum atomic E-state index is 12.2. The van der Waals surface area contributed by atoms with Crippen molar-refractivity contribution in [3.05, 3.63) is 47.0 Å². The van der Waals surface area contributed by atoms with E-state index >= 15 is 0 Å². The molecule has 0 spiro atoms. The van der Waals surface area contributed by atoms with Crippen LogP contribution < -0.4 is 15.4 Å². The number of carbonyl (C=O) groups excluding carboxylic acids is 2. The van der Waals surface area contributed by atoms with Crippen molar-refractivity contribution in [2.24, 2.45) is 0 Å². The van der Waals surface area contributed by atoms with Gasteiger partial charge in [0, 0.05) is 17.6 Å². The molecule has 0 saturated carbocycles. The third-order valence-electron chi connectivity index (χ3n) is 2.88. The molecule has 0 bridgehead atoms. The molecule has 1 aromatic carbocycles. The third kappa shape index (κ3) is 6.50. The van der Waals surface area contributed by atoms with E-state index in [-0.39, 0.29) is 22.2 Å². The van der Waals surface area contributed by atoms with Gasteiger partial charge in [-0.15, -0.1) is 17.9 Å². The highest BCUT2D eigenvalue weighted by molar-refractivity contribution is 7.13. The number of nitrogens with one attached hydrogen (secondary N) is 2. The van der Waals surface area contributed by atoms with E-state index in [0.29, 0.717) is 11.7 Å². The van der Waals surface area contributed by atoms with Crippen LogP contribution in [0.25, 0.3) is 0 Å². The highest BCUT2D eigenvalue weighted by atomic mass is 35.5. The summed E-state index contributed by atoms with van der Waals surface area (Å²) in [5.41, 5.74) is 0.295. The summed E-state index contributed by atoms with van der Waals surface area (Å²) >= 11 is 7.00. The number of alkyl halides is 2. The van der Waals surface area contributed by atoms with Gasteiger partial charge in [0.25, 0.3) is 5.91 Å². The van der Waals surface area contributed by atoms with Crippen LogP contribution in [0.15, 0.2) is 36.2 Å². The van der Waals surface area contributed by atoms with E-state index in [1.165, 1.54) is 34.9 Å². The summed E-state index contributed by atoms with van der Waals surface area (Å²) < 4.78 is 33.4. The number of hydrogen-bond acceptors (Lipinski definition) is 7. The van der Waals surface area contributed by atoms with Crippen LogP contribution in [0, 0.1) is 0 Å². The Morgan fingerprint density at radius 2 is 2.19 bits per heavy atom. The van der Waals surface area contributed by atoms with Crippen molar-refractivity contribution < 1.29 is 27.8 Å². The Bertz CT molecular complexity index is 832. The minimum absolute atomic E-state index is 0.0657. The summed E-state index contributed by atoms with van der Waals surface area (Å²) in [4.78, 5) is 27.7. The molecule has 1 aromatic heterocycles. The topological polar surface area (TPSA) is 89.5 Å². The molecule has 2 N–H and O–H groups in total. The molecule has 0 aliphatic heterocycles.